The topological polar surface area (TPSA) is 27.7 Å². The van der Waals surface area contributed by atoms with Gasteiger partial charge in [0.05, 0.1) is 6.61 Å². The van der Waals surface area contributed by atoms with Crippen molar-refractivity contribution in [2.45, 2.75) is 26.1 Å². The number of ether oxygens (including phenoxy) is 1. The summed E-state index contributed by atoms with van der Waals surface area (Å²) in [4.78, 5) is 9.36. The molecule has 0 N–H and O–H groups in total. The van der Waals surface area contributed by atoms with Crippen LogP contribution in [0.4, 0.5) is 0 Å². The summed E-state index contributed by atoms with van der Waals surface area (Å²) >= 11 is 0. The maximum atomic E-state index is 5.20. The fourth-order valence-corrected chi connectivity index (χ4v) is 0.677. The summed E-state index contributed by atoms with van der Waals surface area (Å²) in [5.74, 6) is 0. The first-order chi connectivity index (χ1) is 4.43. The minimum atomic E-state index is -0.107. The highest BCUT2D eigenvalue weighted by Crippen LogP contribution is 2.09. The van der Waals surface area contributed by atoms with E-state index in [-0.39, 0.29) is 6.29 Å². The Kier molecular flexibility index (Phi) is 2.97. The molecule has 1 aliphatic rings. The van der Waals surface area contributed by atoms with E-state index in [4.69, 9.17) is 9.62 Å². The van der Waals surface area contributed by atoms with Gasteiger partial charge in [0.1, 0.15) is 0 Å². The van der Waals surface area contributed by atoms with Crippen LogP contribution in [0.2, 0.25) is 0 Å². The summed E-state index contributed by atoms with van der Waals surface area (Å²) < 4.78 is 5.20. The molecule has 0 aromatic rings. The van der Waals surface area contributed by atoms with Gasteiger partial charge in [-0.2, -0.15) is 0 Å². The molecule has 1 heterocycles. The maximum absolute atomic E-state index is 5.20. The van der Waals surface area contributed by atoms with E-state index in [1.54, 1.807) is 0 Å². The minimum absolute atomic E-state index is 0.107. The molecule has 0 amide bonds. The van der Waals surface area contributed by atoms with Crippen LogP contribution >= 0.6 is 0 Å². The van der Waals surface area contributed by atoms with Crippen LogP contribution in [0.1, 0.15) is 19.8 Å². The first kappa shape index (κ1) is 6.99. The lowest BCUT2D eigenvalue weighted by Crippen LogP contribution is -2.10. The molecule has 1 atom stereocenters. The summed E-state index contributed by atoms with van der Waals surface area (Å²) in [5.41, 5.74) is 0. The third kappa shape index (κ3) is 2.30. The highest BCUT2D eigenvalue weighted by molar-refractivity contribution is 4.45. The van der Waals surface area contributed by atoms with Crippen molar-refractivity contribution in [3.8, 4) is 0 Å². The average molecular weight is 132 g/mol. The van der Waals surface area contributed by atoms with Crippen molar-refractivity contribution in [3.63, 3.8) is 0 Å². The standard InChI is InChI=1S/C6H12O3/c1-2-4-7-6-3-5-8-9-6/h6H,2-5H2,1H3. The maximum Gasteiger partial charge on any atom is 0.193 e. The molecule has 0 bridgehead atoms. The first-order valence-electron chi connectivity index (χ1n) is 3.33. The van der Waals surface area contributed by atoms with Gasteiger partial charge in [0.2, 0.25) is 0 Å². The van der Waals surface area contributed by atoms with Crippen molar-refractivity contribution in [2.24, 2.45) is 0 Å². The van der Waals surface area contributed by atoms with Gasteiger partial charge in [-0.05, 0) is 6.42 Å². The van der Waals surface area contributed by atoms with Crippen LogP contribution in [-0.2, 0) is 14.5 Å². The fourth-order valence-electron chi connectivity index (χ4n) is 0.677. The van der Waals surface area contributed by atoms with E-state index >= 15 is 0 Å². The van der Waals surface area contributed by atoms with Gasteiger partial charge < -0.3 is 4.74 Å². The van der Waals surface area contributed by atoms with Crippen LogP contribution in [0, 0.1) is 0 Å². The zero-order valence-corrected chi connectivity index (χ0v) is 5.63. The van der Waals surface area contributed by atoms with Gasteiger partial charge in [0.15, 0.2) is 6.29 Å². The van der Waals surface area contributed by atoms with Gasteiger partial charge in [-0.1, -0.05) is 6.92 Å². The van der Waals surface area contributed by atoms with Gasteiger partial charge in [0.25, 0.3) is 0 Å². The van der Waals surface area contributed by atoms with Gasteiger partial charge >= 0.3 is 0 Å². The zero-order valence-electron chi connectivity index (χ0n) is 5.63. The molecule has 1 unspecified atom stereocenters. The van der Waals surface area contributed by atoms with E-state index in [0.717, 1.165) is 19.4 Å². The van der Waals surface area contributed by atoms with Crippen LogP contribution in [0.25, 0.3) is 0 Å². The van der Waals surface area contributed by atoms with E-state index in [1.165, 1.54) is 0 Å². The molecular formula is C6H12O3. The smallest absolute Gasteiger partial charge is 0.193 e. The summed E-state index contributed by atoms with van der Waals surface area (Å²) in [6.07, 6.45) is 1.78. The Morgan fingerprint density at radius 2 is 2.56 bits per heavy atom. The summed E-state index contributed by atoms with van der Waals surface area (Å²) in [6, 6.07) is 0. The average Bonchev–Trinajstić information content (AvgIpc) is 2.34. The van der Waals surface area contributed by atoms with Gasteiger partial charge in [0, 0.05) is 13.0 Å². The highest BCUT2D eigenvalue weighted by Gasteiger charge is 2.16. The van der Waals surface area contributed by atoms with Gasteiger partial charge in [-0.15, -0.1) is 0 Å². The van der Waals surface area contributed by atoms with Crippen molar-refractivity contribution in [3.05, 3.63) is 0 Å². The van der Waals surface area contributed by atoms with Gasteiger partial charge in [-0.3, -0.25) is 0 Å². The second-order valence-corrected chi connectivity index (χ2v) is 2.01. The Morgan fingerprint density at radius 1 is 1.67 bits per heavy atom. The monoisotopic (exact) mass is 132 g/mol. The van der Waals surface area contributed by atoms with Crippen molar-refractivity contribution >= 4 is 0 Å². The van der Waals surface area contributed by atoms with Crippen LogP contribution < -0.4 is 0 Å². The fraction of sp³-hybridized carbons (Fsp3) is 1.00. The normalized spacial score (nSPS) is 27.0. The Balaban J connectivity index is 1.98. The summed E-state index contributed by atoms with van der Waals surface area (Å²) in [6.45, 7) is 3.48. The van der Waals surface area contributed by atoms with Crippen LogP contribution in [0.5, 0.6) is 0 Å². The first-order valence-corrected chi connectivity index (χ1v) is 3.33. The molecule has 0 spiro atoms. The van der Waals surface area contributed by atoms with Crippen molar-refractivity contribution in [2.75, 3.05) is 13.2 Å². The van der Waals surface area contributed by atoms with Crippen molar-refractivity contribution < 1.29 is 14.5 Å². The zero-order chi connectivity index (χ0) is 6.53. The SMILES string of the molecule is CCCOC1CCOO1. The third-order valence-corrected chi connectivity index (χ3v) is 1.12. The Morgan fingerprint density at radius 3 is 3.11 bits per heavy atom. The number of rotatable bonds is 3. The second kappa shape index (κ2) is 3.82. The van der Waals surface area contributed by atoms with E-state index < -0.39 is 0 Å². The molecular weight excluding hydrogens is 120 g/mol. The molecule has 0 aliphatic carbocycles. The van der Waals surface area contributed by atoms with Gasteiger partial charge in [-0.25, -0.2) is 9.78 Å². The molecule has 1 rings (SSSR count). The lowest BCUT2D eigenvalue weighted by Gasteiger charge is -2.05. The highest BCUT2D eigenvalue weighted by atomic mass is 17.2. The van der Waals surface area contributed by atoms with E-state index in [9.17, 15) is 0 Å². The lowest BCUT2D eigenvalue weighted by atomic mass is 10.4. The molecule has 0 radical (unpaired) electrons. The molecule has 3 heteroatoms. The number of hydrogen-bond acceptors (Lipinski definition) is 3. The second-order valence-electron chi connectivity index (χ2n) is 2.01. The summed E-state index contributed by atoms with van der Waals surface area (Å²) in [5, 5.41) is 0. The minimum Gasteiger partial charge on any atom is -0.350 e. The predicted octanol–water partition coefficient (Wildman–Crippen LogP) is 1.09. The molecule has 3 nitrogen and oxygen atoms in total. The predicted molar refractivity (Wildman–Crippen MR) is 31.7 cm³/mol. The van der Waals surface area contributed by atoms with Crippen LogP contribution in [-0.4, -0.2) is 19.5 Å². The Labute approximate surface area is 54.8 Å². The molecule has 0 aromatic heterocycles. The molecule has 0 saturated carbocycles. The van der Waals surface area contributed by atoms with Crippen LogP contribution in [0.15, 0.2) is 0 Å². The number of hydrogen-bond donors (Lipinski definition) is 0. The molecule has 1 fully saturated rings. The van der Waals surface area contributed by atoms with Crippen molar-refractivity contribution in [1.82, 2.24) is 0 Å². The van der Waals surface area contributed by atoms with Crippen LogP contribution in [0.3, 0.4) is 0 Å². The van der Waals surface area contributed by atoms with E-state index in [1.807, 2.05) is 0 Å². The lowest BCUT2D eigenvalue weighted by molar-refractivity contribution is -0.327. The quantitative estimate of drug-likeness (QED) is 0.538. The third-order valence-electron chi connectivity index (χ3n) is 1.12. The van der Waals surface area contributed by atoms with E-state index in [2.05, 4.69) is 11.8 Å². The van der Waals surface area contributed by atoms with E-state index in [0.29, 0.717) is 6.61 Å². The summed E-state index contributed by atoms with van der Waals surface area (Å²) in [7, 11) is 0. The Bertz CT molecular complexity index is 68.7. The largest absolute Gasteiger partial charge is 0.350 e. The molecule has 1 aliphatic heterocycles. The molecule has 54 valence electrons. The Hall–Kier alpha value is -0.120. The molecule has 0 aromatic carbocycles. The van der Waals surface area contributed by atoms with Crippen molar-refractivity contribution in [1.29, 1.82) is 0 Å². The molecule has 1 saturated heterocycles. The molecule has 9 heavy (non-hydrogen) atoms.